The summed E-state index contributed by atoms with van der Waals surface area (Å²) in [5.74, 6) is -0.591. The second-order valence-corrected chi connectivity index (χ2v) is 11.8. The number of anilines is 3. The van der Waals surface area contributed by atoms with Crippen molar-refractivity contribution in [3.05, 3.63) is 82.3 Å². The molecule has 0 saturated heterocycles. The van der Waals surface area contributed by atoms with Gasteiger partial charge in [-0.2, -0.15) is 0 Å². The van der Waals surface area contributed by atoms with Crippen molar-refractivity contribution in [1.29, 1.82) is 0 Å². The van der Waals surface area contributed by atoms with E-state index >= 15 is 0 Å². The van der Waals surface area contributed by atoms with Crippen LogP contribution >= 0.6 is 23.2 Å². The predicted molar refractivity (Wildman–Crippen MR) is 136 cm³/mol. The van der Waals surface area contributed by atoms with E-state index in [2.05, 4.69) is 10.0 Å². The lowest BCUT2D eigenvalue weighted by Crippen LogP contribution is -2.37. The van der Waals surface area contributed by atoms with Gasteiger partial charge < -0.3 is 5.32 Å². The summed E-state index contributed by atoms with van der Waals surface area (Å²) in [4.78, 5) is 12.5. The lowest BCUT2D eigenvalue weighted by Gasteiger charge is -2.22. The first-order chi connectivity index (χ1) is 15.9. The molecule has 2 N–H and O–H groups in total. The molecule has 0 saturated carbocycles. The van der Waals surface area contributed by atoms with Gasteiger partial charge in [0.15, 0.2) is 0 Å². The highest BCUT2D eigenvalue weighted by molar-refractivity contribution is 7.92. The van der Waals surface area contributed by atoms with Gasteiger partial charge in [0.1, 0.15) is 6.54 Å². The average Bonchev–Trinajstić information content (AvgIpc) is 2.75. The third-order valence-electron chi connectivity index (χ3n) is 4.62. The zero-order valence-electron chi connectivity index (χ0n) is 18.1. The van der Waals surface area contributed by atoms with Crippen LogP contribution in [0.2, 0.25) is 10.0 Å². The average molecular weight is 542 g/mol. The number of rotatable bonds is 8. The fraction of sp³-hybridized carbons (Fsp3) is 0.136. The first-order valence-electron chi connectivity index (χ1n) is 9.78. The number of halogens is 2. The van der Waals surface area contributed by atoms with Gasteiger partial charge in [-0.15, -0.1) is 0 Å². The summed E-state index contributed by atoms with van der Waals surface area (Å²) < 4.78 is 53.2. The van der Waals surface area contributed by atoms with Crippen LogP contribution < -0.4 is 14.3 Å². The number of hydrogen-bond acceptors (Lipinski definition) is 5. The van der Waals surface area contributed by atoms with Gasteiger partial charge in [-0.25, -0.2) is 16.8 Å². The molecule has 0 fully saturated rings. The quantitative estimate of drug-likeness (QED) is 0.435. The van der Waals surface area contributed by atoms with Crippen LogP contribution in [0.1, 0.15) is 5.56 Å². The molecule has 0 aliphatic carbocycles. The number of aryl methyl sites for hydroxylation is 1. The van der Waals surface area contributed by atoms with E-state index in [9.17, 15) is 21.6 Å². The third-order valence-corrected chi connectivity index (χ3v) is 7.96. The lowest BCUT2D eigenvalue weighted by molar-refractivity contribution is -0.114. The van der Waals surface area contributed by atoms with Crippen molar-refractivity contribution in [2.24, 2.45) is 0 Å². The van der Waals surface area contributed by atoms with E-state index in [-0.39, 0.29) is 20.6 Å². The Hall–Kier alpha value is -2.79. The summed E-state index contributed by atoms with van der Waals surface area (Å²) in [5, 5.41) is 2.85. The molecule has 0 radical (unpaired) electrons. The molecule has 1 amide bonds. The number of carbonyl (C=O) groups is 1. The van der Waals surface area contributed by atoms with Crippen LogP contribution in [-0.2, 0) is 24.8 Å². The zero-order chi connectivity index (χ0) is 25.1. The van der Waals surface area contributed by atoms with Crippen molar-refractivity contribution in [3.63, 3.8) is 0 Å². The van der Waals surface area contributed by atoms with E-state index in [0.29, 0.717) is 11.4 Å². The van der Waals surface area contributed by atoms with Gasteiger partial charge >= 0.3 is 0 Å². The van der Waals surface area contributed by atoms with E-state index < -0.39 is 32.5 Å². The molecule has 0 bridgehead atoms. The van der Waals surface area contributed by atoms with E-state index in [1.54, 1.807) is 24.3 Å². The van der Waals surface area contributed by atoms with Crippen molar-refractivity contribution in [3.8, 4) is 0 Å². The molecule has 3 aromatic carbocycles. The smallest absolute Gasteiger partial charge is 0.261 e. The Morgan fingerprint density at radius 2 is 1.59 bits per heavy atom. The van der Waals surface area contributed by atoms with E-state index in [1.165, 1.54) is 36.4 Å². The van der Waals surface area contributed by atoms with Gasteiger partial charge in [-0.05, 0) is 61.0 Å². The van der Waals surface area contributed by atoms with E-state index in [0.717, 1.165) is 16.1 Å². The molecule has 3 rings (SSSR count). The number of amides is 1. The Morgan fingerprint density at radius 1 is 0.941 bits per heavy atom. The molecule has 0 spiro atoms. The van der Waals surface area contributed by atoms with E-state index in [1.807, 2.05) is 13.0 Å². The minimum absolute atomic E-state index is 0.0701. The molecule has 34 heavy (non-hydrogen) atoms. The van der Waals surface area contributed by atoms with Crippen LogP contribution in [0.15, 0.2) is 71.6 Å². The number of nitrogens with one attached hydrogen (secondary N) is 2. The molecule has 0 aliphatic rings. The first-order valence-corrected chi connectivity index (χ1v) is 13.9. The highest BCUT2D eigenvalue weighted by atomic mass is 35.5. The monoisotopic (exact) mass is 541 g/mol. The number of benzene rings is 3. The van der Waals surface area contributed by atoms with Crippen LogP contribution in [-0.4, -0.2) is 35.5 Å². The van der Waals surface area contributed by atoms with Crippen molar-refractivity contribution < 1.29 is 21.6 Å². The predicted octanol–water partition coefficient (Wildman–Crippen LogP) is 4.51. The Bertz CT molecular complexity index is 1430. The minimum atomic E-state index is -3.97. The van der Waals surface area contributed by atoms with Crippen LogP contribution in [0.4, 0.5) is 17.1 Å². The summed E-state index contributed by atoms with van der Waals surface area (Å²) in [7, 11) is -7.69. The Labute approximate surface area is 208 Å². The molecule has 0 aliphatic heterocycles. The highest BCUT2D eigenvalue weighted by Crippen LogP contribution is 2.31. The van der Waals surface area contributed by atoms with Crippen molar-refractivity contribution in [2.45, 2.75) is 11.8 Å². The van der Waals surface area contributed by atoms with Crippen LogP contribution in [0.3, 0.4) is 0 Å². The maximum absolute atomic E-state index is 12.7. The van der Waals surface area contributed by atoms with Gasteiger partial charge in [0.05, 0.1) is 32.6 Å². The molecule has 0 atom stereocenters. The van der Waals surface area contributed by atoms with Crippen molar-refractivity contribution >= 4 is 66.2 Å². The third kappa shape index (κ3) is 6.41. The van der Waals surface area contributed by atoms with Crippen LogP contribution in [0, 0.1) is 6.92 Å². The van der Waals surface area contributed by atoms with Gasteiger partial charge in [0.2, 0.25) is 15.9 Å². The molecule has 0 unspecified atom stereocenters. The summed E-state index contributed by atoms with van der Waals surface area (Å²) in [5.41, 5.74) is 1.63. The summed E-state index contributed by atoms with van der Waals surface area (Å²) in [6.07, 6.45) is 1.02. The summed E-state index contributed by atoms with van der Waals surface area (Å²) in [6, 6.07) is 16.7. The van der Waals surface area contributed by atoms with Gasteiger partial charge in [0, 0.05) is 5.69 Å². The maximum atomic E-state index is 12.7. The lowest BCUT2D eigenvalue weighted by atomic mass is 10.2. The standard InChI is InChI=1S/C22H21Cl2N3O5S2/c1-15-5-3-6-17(13-15)27(33(2,29)30)14-21(28)25-16-9-11-18(12-10-16)34(31,32)26-20-8-4-7-19(23)22(20)24/h3-13,26H,14H2,1-2H3,(H,25,28). The zero-order valence-corrected chi connectivity index (χ0v) is 21.3. The number of nitrogens with zero attached hydrogens (tertiary/aromatic N) is 1. The maximum Gasteiger partial charge on any atom is 0.261 e. The minimum Gasteiger partial charge on any atom is -0.325 e. The summed E-state index contributed by atoms with van der Waals surface area (Å²) >= 11 is 12.0. The molecule has 3 aromatic rings. The topological polar surface area (TPSA) is 113 Å². The van der Waals surface area contributed by atoms with Gasteiger partial charge in [-0.1, -0.05) is 41.4 Å². The number of hydrogen-bond donors (Lipinski definition) is 2. The largest absolute Gasteiger partial charge is 0.325 e. The Balaban J connectivity index is 1.73. The fourth-order valence-corrected chi connectivity index (χ4v) is 5.34. The molecule has 180 valence electrons. The van der Waals surface area contributed by atoms with Crippen LogP contribution in [0.25, 0.3) is 0 Å². The second-order valence-electron chi connectivity index (χ2n) is 7.39. The normalized spacial score (nSPS) is 11.6. The Kier molecular flexibility index (Phi) is 7.77. The molecule has 8 nitrogen and oxygen atoms in total. The Morgan fingerprint density at radius 3 is 2.21 bits per heavy atom. The molecule has 12 heteroatoms. The molecular weight excluding hydrogens is 521 g/mol. The highest BCUT2D eigenvalue weighted by Gasteiger charge is 2.21. The van der Waals surface area contributed by atoms with Crippen molar-refractivity contribution in [1.82, 2.24) is 0 Å². The molecular formula is C22H21Cl2N3O5S2. The SMILES string of the molecule is Cc1cccc(N(CC(=O)Nc2ccc(S(=O)(=O)Nc3cccc(Cl)c3Cl)cc2)S(C)(=O)=O)c1. The second kappa shape index (κ2) is 10.2. The van der Waals surface area contributed by atoms with Crippen LogP contribution in [0.5, 0.6) is 0 Å². The summed E-state index contributed by atoms with van der Waals surface area (Å²) in [6.45, 7) is 1.37. The number of carbonyl (C=O) groups excluding carboxylic acids is 1. The molecule has 0 heterocycles. The van der Waals surface area contributed by atoms with Gasteiger partial charge in [-0.3, -0.25) is 13.8 Å². The number of sulfonamides is 2. The first kappa shape index (κ1) is 25.8. The van der Waals surface area contributed by atoms with Gasteiger partial charge in [0.25, 0.3) is 10.0 Å². The van der Waals surface area contributed by atoms with E-state index in [4.69, 9.17) is 23.2 Å². The van der Waals surface area contributed by atoms with Crippen molar-refractivity contribution in [2.75, 3.05) is 27.1 Å². The fourth-order valence-electron chi connectivity index (χ4n) is 3.02. The molecule has 0 aromatic heterocycles.